The zero-order valence-corrected chi connectivity index (χ0v) is 26.2. The van der Waals surface area contributed by atoms with Gasteiger partial charge in [0, 0.05) is 42.5 Å². The van der Waals surface area contributed by atoms with Crippen molar-refractivity contribution in [3.8, 4) is 29.0 Å². The quantitative estimate of drug-likeness (QED) is 0.289. The molecule has 4 aromatic rings. The molecule has 2 aromatic heterocycles. The van der Waals surface area contributed by atoms with E-state index in [1.807, 2.05) is 6.07 Å². The lowest BCUT2D eigenvalue weighted by Crippen LogP contribution is -2.60. The van der Waals surface area contributed by atoms with Crippen LogP contribution < -0.4 is 25.4 Å². The fraction of sp³-hybridized carbons (Fsp3) is 0.469. The average molecular weight is 668 g/mol. The molecular weight excluding hydrogens is 639 g/mol. The molecule has 3 N–H and O–H groups in total. The van der Waals surface area contributed by atoms with Gasteiger partial charge in [-0.1, -0.05) is 17.7 Å². The molecule has 0 saturated carbocycles. The van der Waals surface area contributed by atoms with Gasteiger partial charge in [0.05, 0.1) is 32.3 Å². The number of nitrogens with two attached hydrogens (primary N) is 1. The molecule has 5 aliphatic heterocycles. The highest BCUT2D eigenvalue weighted by atomic mass is 35.5. The number of fused-ring (bicyclic) bond motifs is 7. The molecule has 14 heteroatoms. The van der Waals surface area contributed by atoms with Crippen molar-refractivity contribution in [1.82, 2.24) is 20.2 Å². The first kappa shape index (κ1) is 28.6. The number of nitrogens with one attached hydrogen (secondary N) is 1. The Hall–Kier alpha value is -3.57. The number of nitrogen functional groups attached to an aromatic ring is 1. The van der Waals surface area contributed by atoms with Crippen molar-refractivity contribution in [2.24, 2.45) is 0 Å². The van der Waals surface area contributed by atoms with Crippen LogP contribution >= 0.6 is 22.9 Å². The van der Waals surface area contributed by atoms with Gasteiger partial charge in [-0.05, 0) is 43.9 Å². The van der Waals surface area contributed by atoms with Gasteiger partial charge in [0.2, 0.25) is 0 Å². The molecule has 0 spiro atoms. The molecule has 0 aliphatic carbocycles. The number of nitrogens with zero attached hydrogens (tertiary/aromatic N) is 5. The van der Waals surface area contributed by atoms with Gasteiger partial charge in [0.1, 0.15) is 47.6 Å². The molecule has 9 nitrogen and oxygen atoms in total. The predicted molar refractivity (Wildman–Crippen MR) is 170 cm³/mol. The van der Waals surface area contributed by atoms with Crippen molar-refractivity contribution in [2.75, 3.05) is 43.5 Å². The topological polar surface area (TPSA) is 113 Å². The highest BCUT2D eigenvalue weighted by Gasteiger charge is 2.50. The molecule has 0 unspecified atom stereocenters. The first-order chi connectivity index (χ1) is 22.3. The third-order valence-electron chi connectivity index (χ3n) is 10.6. The molecule has 4 fully saturated rings. The number of ether oxygens (including phenoxy) is 2. The molecule has 46 heavy (non-hydrogen) atoms. The van der Waals surface area contributed by atoms with Gasteiger partial charge in [0.25, 0.3) is 0 Å². The zero-order chi connectivity index (χ0) is 31.5. The SMILES string of the molecule is N#Cc1c(N)sc2c(F)ccc(-c3c(Cl)c4c5c(nc(OC[C@]67CCCN6C[C@@H](F)C7)nc5c3F)N3C[C@H]5CC[C@H](N5)[C@H]3CO4)c12. The van der Waals surface area contributed by atoms with Crippen molar-refractivity contribution in [3.63, 3.8) is 0 Å². The molecule has 7 heterocycles. The van der Waals surface area contributed by atoms with E-state index in [2.05, 4.69) is 20.1 Å². The Morgan fingerprint density at radius 3 is 2.96 bits per heavy atom. The molecule has 0 radical (unpaired) electrons. The highest BCUT2D eigenvalue weighted by Crippen LogP contribution is 2.52. The Labute approximate surface area is 271 Å². The minimum Gasteiger partial charge on any atom is -0.489 e. The Morgan fingerprint density at radius 2 is 2.11 bits per heavy atom. The van der Waals surface area contributed by atoms with Crippen LogP contribution in [-0.2, 0) is 0 Å². The summed E-state index contributed by atoms with van der Waals surface area (Å²) in [5.41, 5.74) is 5.77. The van der Waals surface area contributed by atoms with Gasteiger partial charge in [-0.15, -0.1) is 11.3 Å². The Kier molecular flexibility index (Phi) is 6.36. The number of piperazine rings is 1. The molecule has 0 amide bonds. The van der Waals surface area contributed by atoms with Gasteiger partial charge >= 0.3 is 6.01 Å². The Bertz CT molecular complexity index is 2000. The monoisotopic (exact) mass is 667 g/mol. The van der Waals surface area contributed by atoms with E-state index < -0.39 is 23.3 Å². The summed E-state index contributed by atoms with van der Waals surface area (Å²) in [7, 11) is 0. The van der Waals surface area contributed by atoms with E-state index >= 15 is 4.39 Å². The van der Waals surface area contributed by atoms with Gasteiger partial charge in [0.15, 0.2) is 11.6 Å². The molecule has 238 valence electrons. The summed E-state index contributed by atoms with van der Waals surface area (Å²) >= 11 is 7.98. The number of aromatic nitrogens is 2. The maximum Gasteiger partial charge on any atom is 0.319 e. The summed E-state index contributed by atoms with van der Waals surface area (Å²) in [5, 5.41) is 14.2. The normalized spacial score (nSPS) is 28.3. The zero-order valence-electron chi connectivity index (χ0n) is 24.6. The second-order valence-electron chi connectivity index (χ2n) is 13.1. The third-order valence-corrected chi connectivity index (χ3v) is 12.0. The standard InChI is InChI=1S/C32H29ClF3N7O2S/c33-24-22(16-3-4-18(35)28-21(16)17(9-37)29(38)46-28)25(36)26-23-27(24)44-12-20-19-5-2-15(39-19)11-43(20)30(23)41-31(40-26)45-13-32-6-1-7-42(32)10-14(34)8-32/h3-4,14-15,19-20,39H,1-2,5-8,10-13,38H2/t14-,15+,19-,20+,32+/m0/s1. The molecule has 4 saturated heterocycles. The van der Waals surface area contributed by atoms with Gasteiger partial charge in [-0.3, -0.25) is 4.90 Å². The predicted octanol–water partition coefficient (Wildman–Crippen LogP) is 5.55. The maximum absolute atomic E-state index is 17.1. The number of rotatable bonds is 4. The fourth-order valence-corrected chi connectivity index (χ4v) is 9.82. The van der Waals surface area contributed by atoms with E-state index in [-0.39, 0.29) is 85.4 Å². The van der Waals surface area contributed by atoms with Crippen LogP contribution in [0.5, 0.6) is 11.8 Å². The van der Waals surface area contributed by atoms with Crippen LogP contribution in [0.1, 0.15) is 37.7 Å². The lowest BCUT2D eigenvalue weighted by atomic mass is 9.95. The number of thiophene rings is 1. The fourth-order valence-electron chi connectivity index (χ4n) is 8.54. The maximum atomic E-state index is 17.1. The summed E-state index contributed by atoms with van der Waals surface area (Å²) < 4.78 is 59.5. The van der Waals surface area contributed by atoms with Crippen molar-refractivity contribution < 1.29 is 22.6 Å². The van der Waals surface area contributed by atoms with Crippen molar-refractivity contribution in [3.05, 3.63) is 34.4 Å². The van der Waals surface area contributed by atoms with Gasteiger partial charge in [-0.2, -0.15) is 15.2 Å². The number of alkyl halides is 1. The summed E-state index contributed by atoms with van der Waals surface area (Å²) in [6, 6.07) is 4.91. The van der Waals surface area contributed by atoms with Crippen LogP contribution in [0, 0.1) is 23.0 Å². The first-order valence-corrected chi connectivity index (χ1v) is 16.8. The molecule has 9 rings (SSSR count). The second-order valence-corrected chi connectivity index (χ2v) is 14.5. The Balaban J connectivity index is 1.26. The number of hydrogen-bond donors (Lipinski definition) is 2. The average Bonchev–Trinajstić information content (AvgIpc) is 3.76. The molecule has 5 aliphatic rings. The minimum atomic E-state index is -0.929. The van der Waals surface area contributed by atoms with E-state index in [4.69, 9.17) is 31.8 Å². The van der Waals surface area contributed by atoms with Crippen molar-refractivity contribution in [1.29, 1.82) is 5.26 Å². The number of nitriles is 1. The van der Waals surface area contributed by atoms with Crippen molar-refractivity contribution >= 4 is 54.7 Å². The van der Waals surface area contributed by atoms with Crippen LogP contribution in [0.2, 0.25) is 5.02 Å². The van der Waals surface area contributed by atoms with Crippen LogP contribution in [0.4, 0.5) is 24.0 Å². The largest absolute Gasteiger partial charge is 0.489 e. The van der Waals surface area contributed by atoms with E-state index in [9.17, 15) is 14.0 Å². The Morgan fingerprint density at radius 1 is 1.24 bits per heavy atom. The van der Waals surface area contributed by atoms with Gasteiger partial charge < -0.3 is 25.4 Å². The summed E-state index contributed by atoms with van der Waals surface area (Å²) in [6.45, 7) is 2.26. The van der Waals surface area contributed by atoms with Crippen LogP contribution in [0.25, 0.3) is 32.1 Å². The number of anilines is 2. The highest BCUT2D eigenvalue weighted by molar-refractivity contribution is 7.23. The van der Waals surface area contributed by atoms with Crippen LogP contribution in [-0.4, -0.2) is 77.6 Å². The van der Waals surface area contributed by atoms with E-state index in [1.165, 1.54) is 12.1 Å². The molecule has 5 atom stereocenters. The van der Waals surface area contributed by atoms with E-state index in [1.54, 1.807) is 0 Å². The van der Waals surface area contributed by atoms with Gasteiger partial charge in [-0.25, -0.2) is 13.2 Å². The summed E-state index contributed by atoms with van der Waals surface area (Å²) in [4.78, 5) is 13.8. The van der Waals surface area contributed by atoms with Crippen LogP contribution in [0.15, 0.2) is 12.1 Å². The van der Waals surface area contributed by atoms with Crippen LogP contribution in [0.3, 0.4) is 0 Å². The van der Waals surface area contributed by atoms with E-state index in [0.29, 0.717) is 30.7 Å². The first-order valence-electron chi connectivity index (χ1n) is 15.6. The second kappa shape index (κ2) is 10.2. The molecule has 2 aromatic carbocycles. The lowest BCUT2D eigenvalue weighted by molar-refractivity contribution is 0.107. The lowest BCUT2D eigenvalue weighted by Gasteiger charge is -2.40. The number of benzene rings is 2. The summed E-state index contributed by atoms with van der Waals surface area (Å²) in [6.07, 6.45) is 3.16. The minimum absolute atomic E-state index is 0.0163. The molecule has 2 bridgehead atoms. The number of hydrogen-bond acceptors (Lipinski definition) is 10. The smallest absolute Gasteiger partial charge is 0.319 e. The van der Waals surface area contributed by atoms with E-state index in [0.717, 1.165) is 43.6 Å². The summed E-state index contributed by atoms with van der Waals surface area (Å²) in [5.74, 6) is -0.660. The third kappa shape index (κ3) is 4.00. The van der Waals surface area contributed by atoms with Crippen molar-refractivity contribution in [2.45, 2.75) is 61.9 Å². The molecular formula is C32H29ClF3N7O2S. The number of halogens is 4.